The van der Waals surface area contributed by atoms with Gasteiger partial charge in [-0.3, -0.25) is 4.79 Å². The molecule has 2 aromatic heterocycles. The summed E-state index contributed by atoms with van der Waals surface area (Å²) in [4.78, 5) is 17.2. The first-order valence-electron chi connectivity index (χ1n) is 11.1. The highest BCUT2D eigenvalue weighted by Crippen LogP contribution is 2.41. The van der Waals surface area contributed by atoms with Crippen LogP contribution < -0.4 is 5.32 Å². The van der Waals surface area contributed by atoms with Crippen LogP contribution >= 0.6 is 0 Å². The van der Waals surface area contributed by atoms with Gasteiger partial charge in [-0.25, -0.2) is 9.67 Å². The van der Waals surface area contributed by atoms with Crippen LogP contribution in [0.25, 0.3) is 33.1 Å². The molecule has 0 bridgehead atoms. The summed E-state index contributed by atoms with van der Waals surface area (Å²) in [7, 11) is 0. The van der Waals surface area contributed by atoms with Crippen molar-refractivity contribution in [3.05, 3.63) is 60.3 Å². The Morgan fingerprint density at radius 1 is 1.00 bits per heavy atom. The molecule has 5 rings (SSSR count). The molecule has 1 aliphatic rings. The van der Waals surface area contributed by atoms with Crippen LogP contribution in [0.1, 0.15) is 37.8 Å². The van der Waals surface area contributed by atoms with Gasteiger partial charge in [0.05, 0.1) is 10.9 Å². The lowest BCUT2D eigenvalue weighted by molar-refractivity contribution is -0.140. The molecule has 8 heteroatoms. The summed E-state index contributed by atoms with van der Waals surface area (Å²) < 4.78 is 43.5. The summed E-state index contributed by atoms with van der Waals surface area (Å²) in [6, 6.07) is 16.1. The van der Waals surface area contributed by atoms with E-state index in [1.807, 2.05) is 6.07 Å². The Hall–Kier alpha value is -3.42. The first-order valence-corrected chi connectivity index (χ1v) is 11.1. The summed E-state index contributed by atoms with van der Waals surface area (Å²) >= 11 is 0. The lowest BCUT2D eigenvalue weighted by Gasteiger charge is -2.22. The highest BCUT2D eigenvalue weighted by molar-refractivity contribution is 6.10. The van der Waals surface area contributed by atoms with E-state index in [9.17, 15) is 18.0 Å². The Morgan fingerprint density at radius 3 is 2.42 bits per heavy atom. The molecule has 0 radical (unpaired) electrons. The molecule has 0 aliphatic heterocycles. The van der Waals surface area contributed by atoms with Crippen LogP contribution in [0.5, 0.6) is 0 Å². The van der Waals surface area contributed by atoms with Gasteiger partial charge in [-0.1, -0.05) is 67.8 Å². The first kappa shape index (κ1) is 21.4. The van der Waals surface area contributed by atoms with Crippen molar-refractivity contribution in [1.82, 2.24) is 20.1 Å². The Balaban J connectivity index is 1.68. The highest BCUT2D eigenvalue weighted by atomic mass is 19.4. The molecule has 4 aromatic rings. The lowest BCUT2D eigenvalue weighted by atomic mass is 9.95. The number of benzene rings is 2. The molecule has 1 amide bonds. The second-order valence-electron chi connectivity index (χ2n) is 8.48. The number of hydrogen-bond donors (Lipinski definition) is 1. The number of aromatic nitrogens is 3. The third kappa shape index (κ3) is 4.17. The van der Waals surface area contributed by atoms with Crippen molar-refractivity contribution in [1.29, 1.82) is 0 Å². The van der Waals surface area contributed by atoms with Crippen molar-refractivity contribution >= 4 is 27.8 Å². The predicted octanol–water partition coefficient (Wildman–Crippen LogP) is 5.72. The third-order valence-electron chi connectivity index (χ3n) is 6.17. The number of carbonyl (C=O) groups excluding carboxylic acids is 1. The van der Waals surface area contributed by atoms with E-state index in [0.717, 1.165) is 36.8 Å². The van der Waals surface area contributed by atoms with Crippen molar-refractivity contribution in [3.8, 4) is 11.1 Å². The standard InChI is InChI=1S/C25H23F3N4O/c26-25(27,28)23-22-21(16-9-3-1-4-10-16)18-13-7-8-14-19(18)30-24(22)32(31-23)15-20(33)29-17-11-5-2-6-12-17/h1,3-4,7-10,13-14,17H,2,5-6,11-12,15H2,(H,29,33). The summed E-state index contributed by atoms with van der Waals surface area (Å²) in [6.07, 6.45) is 0.311. The number of fused-ring (bicyclic) bond motifs is 2. The zero-order valence-corrected chi connectivity index (χ0v) is 17.9. The molecule has 2 aromatic carbocycles. The fourth-order valence-electron chi connectivity index (χ4n) is 4.70. The largest absolute Gasteiger partial charge is 0.435 e. The molecule has 33 heavy (non-hydrogen) atoms. The normalized spacial score (nSPS) is 15.2. The van der Waals surface area contributed by atoms with Gasteiger partial charge < -0.3 is 5.32 Å². The SMILES string of the molecule is O=C(Cn1nc(C(F)(F)F)c2c(-c3ccccc3)c3ccccc3nc21)NC1CCCCC1. The monoisotopic (exact) mass is 452 g/mol. The Morgan fingerprint density at radius 2 is 1.70 bits per heavy atom. The van der Waals surface area contributed by atoms with Gasteiger partial charge in [0.15, 0.2) is 11.3 Å². The van der Waals surface area contributed by atoms with Gasteiger partial charge in [0.1, 0.15) is 6.54 Å². The van der Waals surface area contributed by atoms with Crippen molar-refractivity contribution < 1.29 is 18.0 Å². The zero-order valence-electron chi connectivity index (χ0n) is 17.9. The number of nitrogens with zero attached hydrogens (tertiary/aromatic N) is 3. The molecule has 170 valence electrons. The third-order valence-corrected chi connectivity index (χ3v) is 6.17. The van der Waals surface area contributed by atoms with Crippen LogP contribution in [0.4, 0.5) is 13.2 Å². The number of carbonyl (C=O) groups is 1. The molecule has 1 saturated carbocycles. The topological polar surface area (TPSA) is 59.8 Å². The van der Waals surface area contributed by atoms with Gasteiger partial charge in [0, 0.05) is 17.0 Å². The van der Waals surface area contributed by atoms with E-state index in [-0.39, 0.29) is 29.5 Å². The molecular formula is C25H23F3N4O. The van der Waals surface area contributed by atoms with Crippen molar-refractivity contribution in [2.24, 2.45) is 0 Å². The summed E-state index contributed by atoms with van der Waals surface area (Å²) in [6.45, 7) is -0.317. The number of rotatable bonds is 4. The Kier molecular flexibility index (Phi) is 5.52. The molecule has 1 N–H and O–H groups in total. The molecule has 1 aliphatic carbocycles. The van der Waals surface area contributed by atoms with Gasteiger partial charge in [0.25, 0.3) is 0 Å². The maximum atomic E-state index is 14.1. The Bertz CT molecular complexity index is 1310. The number of nitrogens with one attached hydrogen (secondary N) is 1. The second-order valence-corrected chi connectivity index (χ2v) is 8.48. The summed E-state index contributed by atoms with van der Waals surface area (Å²) in [5.41, 5.74) is 0.630. The molecule has 5 nitrogen and oxygen atoms in total. The quantitative estimate of drug-likeness (QED) is 0.431. The maximum Gasteiger partial charge on any atom is 0.435 e. The molecular weight excluding hydrogens is 429 g/mol. The highest BCUT2D eigenvalue weighted by Gasteiger charge is 2.39. The van der Waals surface area contributed by atoms with Crippen LogP contribution in [0, 0.1) is 0 Å². The molecule has 0 spiro atoms. The lowest BCUT2D eigenvalue weighted by Crippen LogP contribution is -2.38. The molecule has 1 fully saturated rings. The van der Waals surface area contributed by atoms with Gasteiger partial charge in [-0.15, -0.1) is 0 Å². The summed E-state index contributed by atoms with van der Waals surface area (Å²) in [5.74, 6) is -0.351. The van der Waals surface area contributed by atoms with E-state index in [4.69, 9.17) is 0 Å². The number of amides is 1. The zero-order chi connectivity index (χ0) is 23.0. The number of pyridine rings is 1. The van der Waals surface area contributed by atoms with Crippen molar-refractivity contribution in [2.75, 3.05) is 0 Å². The number of halogens is 3. The van der Waals surface area contributed by atoms with Crippen LogP contribution in [0.15, 0.2) is 54.6 Å². The van der Waals surface area contributed by atoms with E-state index in [1.165, 1.54) is 0 Å². The number of hydrogen-bond acceptors (Lipinski definition) is 3. The second kappa shape index (κ2) is 8.50. The van der Waals surface area contributed by atoms with Crippen molar-refractivity contribution in [3.63, 3.8) is 0 Å². The first-order chi connectivity index (χ1) is 15.9. The molecule has 0 saturated heterocycles. The van der Waals surface area contributed by atoms with Gasteiger partial charge >= 0.3 is 6.18 Å². The van der Waals surface area contributed by atoms with E-state index < -0.39 is 11.9 Å². The molecule has 2 heterocycles. The average molecular weight is 452 g/mol. The van der Waals surface area contributed by atoms with E-state index >= 15 is 0 Å². The van der Waals surface area contributed by atoms with E-state index in [2.05, 4.69) is 15.4 Å². The van der Waals surface area contributed by atoms with Crippen molar-refractivity contribution in [2.45, 2.75) is 50.9 Å². The summed E-state index contributed by atoms with van der Waals surface area (Å²) in [5, 5.41) is 7.35. The number of para-hydroxylation sites is 1. The van der Waals surface area contributed by atoms with Gasteiger partial charge in [-0.2, -0.15) is 18.3 Å². The fourth-order valence-corrected chi connectivity index (χ4v) is 4.70. The van der Waals surface area contributed by atoms with Gasteiger partial charge in [-0.05, 0) is 24.5 Å². The van der Waals surface area contributed by atoms with E-state index in [0.29, 0.717) is 22.0 Å². The Labute approximate surface area is 188 Å². The minimum atomic E-state index is -4.70. The van der Waals surface area contributed by atoms with Crippen LogP contribution in [0.2, 0.25) is 0 Å². The van der Waals surface area contributed by atoms with Crippen LogP contribution in [-0.4, -0.2) is 26.7 Å². The van der Waals surface area contributed by atoms with Crippen LogP contribution in [-0.2, 0) is 17.5 Å². The van der Waals surface area contributed by atoms with Crippen LogP contribution in [0.3, 0.4) is 0 Å². The minimum Gasteiger partial charge on any atom is -0.352 e. The minimum absolute atomic E-state index is 0.0543. The average Bonchev–Trinajstić information content (AvgIpc) is 3.17. The molecule has 0 unspecified atom stereocenters. The number of alkyl halides is 3. The fraction of sp³-hybridized carbons (Fsp3) is 0.320. The van der Waals surface area contributed by atoms with E-state index in [1.54, 1.807) is 48.5 Å². The predicted molar refractivity (Wildman–Crippen MR) is 120 cm³/mol. The molecule has 0 atom stereocenters. The van der Waals surface area contributed by atoms with Gasteiger partial charge in [0.2, 0.25) is 5.91 Å². The smallest absolute Gasteiger partial charge is 0.352 e. The maximum absolute atomic E-state index is 14.1.